The van der Waals surface area contributed by atoms with Crippen molar-refractivity contribution in [2.75, 3.05) is 13.7 Å². The van der Waals surface area contributed by atoms with Crippen molar-refractivity contribution in [3.8, 4) is 5.75 Å². The number of hydrogen-bond acceptors (Lipinski definition) is 2. The number of benzene rings is 1. The molecule has 3 nitrogen and oxygen atoms in total. The van der Waals surface area contributed by atoms with Crippen molar-refractivity contribution in [3.05, 3.63) is 29.8 Å². The molecule has 0 spiro atoms. The largest absolute Gasteiger partial charge is 0.497 e. The van der Waals surface area contributed by atoms with Gasteiger partial charge in [0.1, 0.15) is 5.75 Å². The molecule has 1 aliphatic heterocycles. The molecule has 1 fully saturated rings. The highest BCUT2D eigenvalue weighted by Crippen LogP contribution is 2.31. The second kappa shape index (κ2) is 5.89. The van der Waals surface area contributed by atoms with Crippen LogP contribution in [0, 0.1) is 0 Å². The molecule has 3 heteroatoms. The minimum absolute atomic E-state index is 0.178. The van der Waals surface area contributed by atoms with Gasteiger partial charge in [-0.15, -0.1) is 0 Å². The fraction of sp³-hybridized carbons (Fsp3) is 0.533. The SMILES string of the molecule is COc1ccc(C2CCCCCN2C(C)=O)cc1. The minimum atomic E-state index is 0.178. The van der Waals surface area contributed by atoms with E-state index in [9.17, 15) is 4.79 Å². The van der Waals surface area contributed by atoms with Gasteiger partial charge in [-0.1, -0.05) is 25.0 Å². The molecule has 1 saturated heterocycles. The van der Waals surface area contributed by atoms with Crippen molar-refractivity contribution < 1.29 is 9.53 Å². The minimum Gasteiger partial charge on any atom is -0.497 e. The van der Waals surface area contributed by atoms with E-state index in [0.29, 0.717) is 0 Å². The maximum atomic E-state index is 11.8. The number of likely N-dealkylation sites (tertiary alicyclic amines) is 1. The van der Waals surface area contributed by atoms with Gasteiger partial charge >= 0.3 is 0 Å². The summed E-state index contributed by atoms with van der Waals surface area (Å²) in [6, 6.07) is 8.32. The maximum absolute atomic E-state index is 11.8. The molecule has 0 N–H and O–H groups in total. The van der Waals surface area contributed by atoms with Gasteiger partial charge in [0, 0.05) is 13.5 Å². The zero-order valence-corrected chi connectivity index (χ0v) is 11.2. The Morgan fingerprint density at radius 3 is 2.56 bits per heavy atom. The molecular weight excluding hydrogens is 226 g/mol. The average molecular weight is 247 g/mol. The van der Waals surface area contributed by atoms with Crippen LogP contribution in [0.25, 0.3) is 0 Å². The van der Waals surface area contributed by atoms with Crippen LogP contribution in [0.15, 0.2) is 24.3 Å². The molecular formula is C15H21NO2. The van der Waals surface area contributed by atoms with E-state index >= 15 is 0 Å². The van der Waals surface area contributed by atoms with Crippen molar-refractivity contribution in [3.63, 3.8) is 0 Å². The van der Waals surface area contributed by atoms with Gasteiger partial charge in [-0.05, 0) is 30.5 Å². The van der Waals surface area contributed by atoms with Gasteiger partial charge in [-0.25, -0.2) is 0 Å². The predicted molar refractivity (Wildman–Crippen MR) is 71.6 cm³/mol. The summed E-state index contributed by atoms with van der Waals surface area (Å²) in [5, 5.41) is 0. The fourth-order valence-electron chi connectivity index (χ4n) is 2.66. The Kier molecular flexibility index (Phi) is 4.24. The number of hydrogen-bond donors (Lipinski definition) is 0. The lowest BCUT2D eigenvalue weighted by Gasteiger charge is -2.29. The van der Waals surface area contributed by atoms with Crippen molar-refractivity contribution in [1.29, 1.82) is 0 Å². The zero-order chi connectivity index (χ0) is 13.0. The molecule has 0 aromatic heterocycles. The molecule has 1 heterocycles. The Morgan fingerprint density at radius 1 is 1.22 bits per heavy atom. The Balaban J connectivity index is 2.23. The molecule has 0 saturated carbocycles. The first-order valence-corrected chi connectivity index (χ1v) is 6.63. The molecule has 1 aliphatic rings. The third kappa shape index (κ3) is 2.84. The summed E-state index contributed by atoms with van der Waals surface area (Å²) in [6.45, 7) is 2.55. The quantitative estimate of drug-likeness (QED) is 0.803. The normalized spacial score (nSPS) is 20.3. The second-order valence-corrected chi connectivity index (χ2v) is 4.85. The number of amides is 1. The second-order valence-electron chi connectivity index (χ2n) is 4.85. The summed E-state index contributed by atoms with van der Waals surface area (Å²) < 4.78 is 5.17. The van der Waals surface area contributed by atoms with Gasteiger partial charge < -0.3 is 9.64 Å². The topological polar surface area (TPSA) is 29.5 Å². The van der Waals surface area contributed by atoms with Crippen molar-refractivity contribution in [1.82, 2.24) is 4.90 Å². The summed E-state index contributed by atoms with van der Waals surface area (Å²) in [5.41, 5.74) is 1.22. The van der Waals surface area contributed by atoms with Gasteiger partial charge in [-0.2, -0.15) is 0 Å². The number of carbonyl (C=O) groups excluding carboxylic acids is 1. The highest BCUT2D eigenvalue weighted by molar-refractivity contribution is 5.73. The summed E-state index contributed by atoms with van der Waals surface area (Å²) in [6.07, 6.45) is 4.59. The van der Waals surface area contributed by atoms with Gasteiger partial charge in [0.25, 0.3) is 0 Å². The molecule has 98 valence electrons. The lowest BCUT2D eigenvalue weighted by Crippen LogP contribution is -2.32. The van der Waals surface area contributed by atoms with E-state index in [-0.39, 0.29) is 11.9 Å². The van der Waals surface area contributed by atoms with E-state index in [4.69, 9.17) is 4.74 Å². The number of rotatable bonds is 2. The van der Waals surface area contributed by atoms with Gasteiger partial charge in [0.2, 0.25) is 5.91 Å². The first kappa shape index (κ1) is 12.9. The number of carbonyl (C=O) groups is 1. The molecule has 0 radical (unpaired) electrons. The monoisotopic (exact) mass is 247 g/mol. The molecule has 1 amide bonds. The van der Waals surface area contributed by atoms with Crippen LogP contribution in [0.1, 0.15) is 44.2 Å². The Labute approximate surface area is 109 Å². The lowest BCUT2D eigenvalue weighted by molar-refractivity contribution is -0.131. The average Bonchev–Trinajstić information content (AvgIpc) is 2.64. The van der Waals surface area contributed by atoms with Crippen LogP contribution >= 0.6 is 0 Å². The molecule has 18 heavy (non-hydrogen) atoms. The Morgan fingerprint density at radius 2 is 1.94 bits per heavy atom. The third-order valence-electron chi connectivity index (χ3n) is 3.66. The van der Waals surface area contributed by atoms with Crippen LogP contribution < -0.4 is 4.74 Å². The molecule has 0 aliphatic carbocycles. The van der Waals surface area contributed by atoms with Crippen LogP contribution in [-0.4, -0.2) is 24.5 Å². The molecule has 0 bridgehead atoms. The highest BCUT2D eigenvalue weighted by Gasteiger charge is 2.24. The molecule has 2 rings (SSSR count). The molecule has 1 aromatic carbocycles. The van der Waals surface area contributed by atoms with Crippen LogP contribution in [0.5, 0.6) is 5.75 Å². The first-order valence-electron chi connectivity index (χ1n) is 6.63. The molecule has 1 aromatic rings. The van der Waals surface area contributed by atoms with Crippen molar-refractivity contribution in [2.24, 2.45) is 0 Å². The van der Waals surface area contributed by atoms with E-state index in [1.807, 2.05) is 17.0 Å². The Bertz CT molecular complexity index is 399. The molecule has 1 atom stereocenters. The first-order chi connectivity index (χ1) is 8.72. The number of nitrogens with zero attached hydrogens (tertiary/aromatic N) is 1. The van der Waals surface area contributed by atoms with Crippen LogP contribution in [0.2, 0.25) is 0 Å². The van der Waals surface area contributed by atoms with Gasteiger partial charge in [0.15, 0.2) is 0 Å². The predicted octanol–water partition coefficient (Wildman–Crippen LogP) is 3.16. The van der Waals surface area contributed by atoms with Crippen LogP contribution in [0.4, 0.5) is 0 Å². The van der Waals surface area contributed by atoms with Crippen molar-refractivity contribution >= 4 is 5.91 Å². The van der Waals surface area contributed by atoms with Gasteiger partial charge in [0.05, 0.1) is 13.2 Å². The van der Waals surface area contributed by atoms with Crippen LogP contribution in [0.3, 0.4) is 0 Å². The van der Waals surface area contributed by atoms with E-state index in [2.05, 4.69) is 12.1 Å². The lowest BCUT2D eigenvalue weighted by atomic mass is 10.0. The van der Waals surface area contributed by atoms with E-state index in [0.717, 1.165) is 25.1 Å². The van der Waals surface area contributed by atoms with E-state index in [1.165, 1.54) is 18.4 Å². The maximum Gasteiger partial charge on any atom is 0.219 e. The van der Waals surface area contributed by atoms with Crippen LogP contribution in [-0.2, 0) is 4.79 Å². The number of ether oxygens (including phenoxy) is 1. The number of methoxy groups -OCH3 is 1. The third-order valence-corrected chi connectivity index (χ3v) is 3.66. The fourth-order valence-corrected chi connectivity index (χ4v) is 2.66. The Hall–Kier alpha value is -1.51. The van der Waals surface area contributed by atoms with E-state index < -0.39 is 0 Å². The summed E-state index contributed by atoms with van der Waals surface area (Å²) in [7, 11) is 1.67. The molecule has 1 unspecified atom stereocenters. The summed E-state index contributed by atoms with van der Waals surface area (Å²) in [5.74, 6) is 1.04. The smallest absolute Gasteiger partial charge is 0.219 e. The van der Waals surface area contributed by atoms with Gasteiger partial charge in [-0.3, -0.25) is 4.79 Å². The summed E-state index contributed by atoms with van der Waals surface area (Å²) in [4.78, 5) is 13.8. The highest BCUT2D eigenvalue weighted by atomic mass is 16.5. The summed E-state index contributed by atoms with van der Waals surface area (Å²) >= 11 is 0. The zero-order valence-electron chi connectivity index (χ0n) is 11.2. The standard InChI is InChI=1S/C15H21NO2/c1-12(17)16-11-5-3-4-6-15(16)13-7-9-14(18-2)10-8-13/h7-10,15H,3-6,11H2,1-2H3. The van der Waals surface area contributed by atoms with Crippen molar-refractivity contribution in [2.45, 2.75) is 38.6 Å². The van der Waals surface area contributed by atoms with E-state index in [1.54, 1.807) is 14.0 Å².